The number of nitrogens with zero attached hydrogens (tertiary/aromatic N) is 1. The van der Waals surface area contributed by atoms with E-state index < -0.39 is 15.7 Å². The van der Waals surface area contributed by atoms with Crippen LogP contribution in [0.2, 0.25) is 0 Å². The fourth-order valence-electron chi connectivity index (χ4n) is 2.87. The average Bonchev–Trinajstić information content (AvgIpc) is 3.11. The van der Waals surface area contributed by atoms with Crippen LogP contribution in [0, 0.1) is 5.82 Å². The zero-order valence-corrected chi connectivity index (χ0v) is 16.0. The molecule has 0 saturated carbocycles. The zero-order valence-electron chi connectivity index (χ0n) is 15.1. The van der Waals surface area contributed by atoms with Gasteiger partial charge in [0.05, 0.1) is 4.90 Å². The molecule has 0 spiro atoms. The summed E-state index contributed by atoms with van der Waals surface area (Å²) in [4.78, 5) is 12.7. The summed E-state index contributed by atoms with van der Waals surface area (Å²) in [5, 5.41) is 16.0. The minimum atomic E-state index is -3.34. The maximum Gasteiger partial charge on any atom is 0.181 e. The molecule has 0 atom stereocenters. The van der Waals surface area contributed by atoms with Gasteiger partial charge in [0.15, 0.2) is 15.6 Å². The number of ketones is 1. The Kier molecular flexibility index (Phi) is 5.71. The first-order valence-corrected chi connectivity index (χ1v) is 10.5. The van der Waals surface area contributed by atoms with Gasteiger partial charge in [0, 0.05) is 30.4 Å². The van der Waals surface area contributed by atoms with Crippen molar-refractivity contribution in [1.29, 1.82) is 0 Å². The molecule has 8 heteroatoms. The van der Waals surface area contributed by atoms with Crippen molar-refractivity contribution in [3.05, 3.63) is 60.0 Å². The van der Waals surface area contributed by atoms with Crippen molar-refractivity contribution in [2.24, 2.45) is 0 Å². The molecular formula is C20H19FN2O4S. The van der Waals surface area contributed by atoms with Crippen LogP contribution in [0.15, 0.2) is 53.4 Å². The largest absolute Gasteiger partial charge is 0.396 e. The first-order valence-electron chi connectivity index (χ1n) is 8.60. The van der Waals surface area contributed by atoms with Crippen molar-refractivity contribution in [3.63, 3.8) is 0 Å². The second-order valence-corrected chi connectivity index (χ2v) is 8.39. The highest BCUT2D eigenvalue weighted by Crippen LogP contribution is 2.34. The third kappa shape index (κ3) is 4.18. The molecule has 0 fully saturated rings. The van der Waals surface area contributed by atoms with Gasteiger partial charge >= 0.3 is 0 Å². The van der Waals surface area contributed by atoms with Gasteiger partial charge in [-0.05, 0) is 36.2 Å². The predicted octanol–water partition coefficient (Wildman–Crippen LogP) is 3.24. The number of hydrogen-bond donors (Lipinski definition) is 2. The van der Waals surface area contributed by atoms with Crippen molar-refractivity contribution in [3.8, 4) is 22.4 Å². The van der Waals surface area contributed by atoms with Crippen LogP contribution >= 0.6 is 0 Å². The number of H-pyrrole nitrogens is 1. The zero-order chi connectivity index (χ0) is 20.3. The molecule has 0 saturated heterocycles. The van der Waals surface area contributed by atoms with Gasteiger partial charge in [-0.3, -0.25) is 9.89 Å². The summed E-state index contributed by atoms with van der Waals surface area (Å²) in [6, 6.07) is 11.9. The number of hydrogen-bond acceptors (Lipinski definition) is 5. The van der Waals surface area contributed by atoms with E-state index in [2.05, 4.69) is 10.2 Å². The molecule has 0 unspecified atom stereocenters. The summed E-state index contributed by atoms with van der Waals surface area (Å²) in [7, 11) is -3.34. The van der Waals surface area contributed by atoms with Crippen molar-refractivity contribution in [2.45, 2.75) is 17.7 Å². The van der Waals surface area contributed by atoms with Gasteiger partial charge < -0.3 is 5.11 Å². The summed E-state index contributed by atoms with van der Waals surface area (Å²) in [6.45, 7) is -0.106. The lowest BCUT2D eigenvalue weighted by atomic mass is 9.96. The van der Waals surface area contributed by atoms with E-state index in [-0.39, 0.29) is 29.4 Å². The summed E-state index contributed by atoms with van der Waals surface area (Å²) in [6.07, 6.45) is 1.58. The quantitative estimate of drug-likeness (QED) is 0.591. The SMILES string of the molecule is CS(=O)(=O)c1ccc(-c2n[nH]c(C(=O)CCCO)c2-c2ccc(F)cc2)cc1. The van der Waals surface area contributed by atoms with Gasteiger partial charge in [-0.2, -0.15) is 5.10 Å². The summed E-state index contributed by atoms with van der Waals surface area (Å²) >= 11 is 0. The minimum absolute atomic E-state index is 0.106. The number of carbonyl (C=O) groups excluding carboxylic acids is 1. The first kappa shape index (κ1) is 19.9. The molecule has 1 heterocycles. The first-order chi connectivity index (χ1) is 13.3. The van der Waals surface area contributed by atoms with E-state index in [4.69, 9.17) is 5.11 Å². The maximum atomic E-state index is 13.4. The molecule has 2 aromatic carbocycles. The molecule has 28 heavy (non-hydrogen) atoms. The Morgan fingerprint density at radius 2 is 1.68 bits per heavy atom. The average molecular weight is 402 g/mol. The van der Waals surface area contributed by atoms with Crippen LogP contribution in [0.4, 0.5) is 4.39 Å². The van der Waals surface area contributed by atoms with E-state index in [0.717, 1.165) is 6.26 Å². The van der Waals surface area contributed by atoms with Crippen LogP contribution in [0.3, 0.4) is 0 Å². The number of aromatic amines is 1. The smallest absolute Gasteiger partial charge is 0.181 e. The molecule has 0 amide bonds. The molecular weight excluding hydrogens is 383 g/mol. The lowest BCUT2D eigenvalue weighted by Gasteiger charge is -2.07. The Hall–Kier alpha value is -2.84. The molecule has 146 valence electrons. The van der Waals surface area contributed by atoms with Crippen molar-refractivity contribution < 1.29 is 22.7 Å². The topological polar surface area (TPSA) is 100 Å². The molecule has 0 radical (unpaired) electrons. The molecule has 2 N–H and O–H groups in total. The fraction of sp³-hybridized carbons (Fsp3) is 0.200. The van der Waals surface area contributed by atoms with Crippen LogP contribution in [0.1, 0.15) is 23.3 Å². The second kappa shape index (κ2) is 8.04. The Morgan fingerprint density at radius 1 is 1.07 bits per heavy atom. The van der Waals surface area contributed by atoms with E-state index in [1.54, 1.807) is 24.3 Å². The molecule has 0 aliphatic rings. The summed E-state index contributed by atoms with van der Waals surface area (Å²) in [5.41, 5.74) is 2.45. The minimum Gasteiger partial charge on any atom is -0.396 e. The van der Waals surface area contributed by atoms with Crippen LogP contribution in [-0.4, -0.2) is 42.4 Å². The molecule has 6 nitrogen and oxygen atoms in total. The van der Waals surface area contributed by atoms with Gasteiger partial charge in [0.1, 0.15) is 17.2 Å². The van der Waals surface area contributed by atoms with Gasteiger partial charge in [-0.15, -0.1) is 0 Å². The third-order valence-corrected chi connectivity index (χ3v) is 5.42. The van der Waals surface area contributed by atoms with Gasteiger partial charge in [0.25, 0.3) is 0 Å². The number of carbonyl (C=O) groups is 1. The highest BCUT2D eigenvalue weighted by atomic mass is 32.2. The van der Waals surface area contributed by atoms with E-state index in [0.29, 0.717) is 28.8 Å². The number of benzene rings is 2. The monoisotopic (exact) mass is 402 g/mol. The van der Waals surface area contributed by atoms with Gasteiger partial charge in [-0.1, -0.05) is 24.3 Å². The molecule has 3 rings (SSSR count). The number of rotatable bonds is 7. The third-order valence-electron chi connectivity index (χ3n) is 4.30. The molecule has 1 aromatic heterocycles. The van der Waals surface area contributed by atoms with Crippen LogP contribution in [-0.2, 0) is 9.84 Å². The lowest BCUT2D eigenvalue weighted by molar-refractivity contribution is 0.0967. The Bertz CT molecular complexity index is 1090. The summed E-state index contributed by atoms with van der Waals surface area (Å²) in [5.74, 6) is -0.626. The van der Waals surface area contributed by atoms with Crippen LogP contribution in [0.5, 0.6) is 0 Å². The number of sulfone groups is 1. The predicted molar refractivity (Wildman–Crippen MR) is 103 cm³/mol. The van der Waals surface area contributed by atoms with E-state index in [1.807, 2.05) is 0 Å². The number of aliphatic hydroxyl groups excluding tert-OH is 1. The Balaban J connectivity index is 2.12. The Morgan fingerprint density at radius 3 is 2.25 bits per heavy atom. The number of aliphatic hydroxyl groups is 1. The fourth-order valence-corrected chi connectivity index (χ4v) is 3.51. The molecule has 0 bridgehead atoms. The highest BCUT2D eigenvalue weighted by molar-refractivity contribution is 7.90. The second-order valence-electron chi connectivity index (χ2n) is 6.38. The molecule has 0 aliphatic carbocycles. The number of aromatic nitrogens is 2. The number of Topliss-reactive ketones (excluding diaryl/α,β-unsaturated/α-hetero) is 1. The van der Waals surface area contributed by atoms with Crippen molar-refractivity contribution >= 4 is 15.6 Å². The van der Waals surface area contributed by atoms with Crippen LogP contribution < -0.4 is 0 Å². The van der Waals surface area contributed by atoms with Crippen molar-refractivity contribution in [1.82, 2.24) is 10.2 Å². The lowest BCUT2D eigenvalue weighted by Crippen LogP contribution is -2.03. The van der Waals surface area contributed by atoms with Gasteiger partial charge in [0.2, 0.25) is 0 Å². The summed E-state index contributed by atoms with van der Waals surface area (Å²) < 4.78 is 36.7. The number of halogens is 1. The standard InChI is InChI=1S/C20H19FN2O4S/c1-28(26,27)16-10-6-14(7-11-16)19-18(13-4-8-15(21)9-5-13)20(23-22-19)17(25)3-2-12-24/h4-11,24H,2-3,12H2,1H3,(H,22,23). The van der Waals surface area contributed by atoms with E-state index in [1.165, 1.54) is 24.3 Å². The Labute approximate surface area is 162 Å². The van der Waals surface area contributed by atoms with Crippen molar-refractivity contribution in [2.75, 3.05) is 12.9 Å². The maximum absolute atomic E-state index is 13.4. The number of nitrogens with one attached hydrogen (secondary N) is 1. The normalized spacial score (nSPS) is 11.5. The van der Waals surface area contributed by atoms with Crippen LogP contribution in [0.25, 0.3) is 22.4 Å². The van der Waals surface area contributed by atoms with E-state index in [9.17, 15) is 17.6 Å². The highest BCUT2D eigenvalue weighted by Gasteiger charge is 2.22. The molecule has 3 aromatic rings. The van der Waals surface area contributed by atoms with Gasteiger partial charge in [-0.25, -0.2) is 12.8 Å². The molecule has 0 aliphatic heterocycles. The van der Waals surface area contributed by atoms with E-state index >= 15 is 0 Å².